The second kappa shape index (κ2) is 8.54. The van der Waals surface area contributed by atoms with E-state index in [1.807, 2.05) is 0 Å². The highest BCUT2D eigenvalue weighted by Gasteiger charge is 2.31. The maximum Gasteiger partial charge on any atom is 0.410 e. The number of amides is 2. The van der Waals surface area contributed by atoms with Crippen LogP contribution in [0.25, 0.3) is 0 Å². The minimum atomic E-state index is -3.59. The number of fused-ring (bicyclic) bond motifs is 1. The van der Waals surface area contributed by atoms with Crippen LogP contribution in [0.1, 0.15) is 42.5 Å². The van der Waals surface area contributed by atoms with Crippen LogP contribution < -0.4 is 0 Å². The zero-order valence-corrected chi connectivity index (χ0v) is 18.3. The smallest absolute Gasteiger partial charge is 0.410 e. The molecule has 0 saturated carbocycles. The van der Waals surface area contributed by atoms with E-state index in [0.29, 0.717) is 24.1 Å². The van der Waals surface area contributed by atoms with Crippen LogP contribution in [0.3, 0.4) is 0 Å². The number of H-pyrrole nitrogens is 1. The Morgan fingerprint density at radius 3 is 2.59 bits per heavy atom. The summed E-state index contributed by atoms with van der Waals surface area (Å²) in [6.07, 6.45) is 1.04. The molecular formula is C18H28N4O6S. The Labute approximate surface area is 171 Å². The molecule has 1 N–H and O–H groups in total. The summed E-state index contributed by atoms with van der Waals surface area (Å²) < 4.78 is 32.2. The number of hydrogen-bond acceptors (Lipinski definition) is 7. The van der Waals surface area contributed by atoms with Crippen LogP contribution in [0.15, 0.2) is 12.2 Å². The average molecular weight is 429 g/mol. The van der Waals surface area contributed by atoms with Gasteiger partial charge in [0, 0.05) is 37.8 Å². The zero-order chi connectivity index (χ0) is 22.0. The van der Waals surface area contributed by atoms with Crippen molar-refractivity contribution in [2.24, 2.45) is 0 Å². The van der Waals surface area contributed by atoms with E-state index in [-0.39, 0.29) is 31.3 Å². The largest absolute Gasteiger partial charge is 0.444 e. The molecule has 1 aromatic heterocycles. The predicted molar refractivity (Wildman–Crippen MR) is 106 cm³/mol. The summed E-state index contributed by atoms with van der Waals surface area (Å²) in [5.41, 5.74) is 1.48. The van der Waals surface area contributed by atoms with Crippen molar-refractivity contribution in [1.29, 1.82) is 0 Å². The molecule has 0 radical (unpaired) electrons. The van der Waals surface area contributed by atoms with Gasteiger partial charge in [-0.2, -0.15) is 13.5 Å². The van der Waals surface area contributed by atoms with Crippen LogP contribution >= 0.6 is 0 Å². The zero-order valence-electron chi connectivity index (χ0n) is 17.4. The summed E-state index contributed by atoms with van der Waals surface area (Å²) in [6, 6.07) is 0. The minimum Gasteiger partial charge on any atom is -0.444 e. The Kier molecular flexibility index (Phi) is 6.74. The minimum absolute atomic E-state index is 0.103. The van der Waals surface area contributed by atoms with Crippen LogP contribution in [-0.2, 0) is 32.0 Å². The van der Waals surface area contributed by atoms with Crippen molar-refractivity contribution in [3.8, 4) is 0 Å². The van der Waals surface area contributed by atoms with E-state index >= 15 is 0 Å². The number of carbonyl (C=O) groups excluding carboxylic acids is 2. The van der Waals surface area contributed by atoms with E-state index in [4.69, 9.17) is 4.74 Å². The molecule has 2 rings (SSSR count). The monoisotopic (exact) mass is 428 g/mol. The Morgan fingerprint density at radius 1 is 1.34 bits per heavy atom. The number of aromatic nitrogens is 2. The van der Waals surface area contributed by atoms with Gasteiger partial charge in [0.05, 0.1) is 19.4 Å². The summed E-state index contributed by atoms with van der Waals surface area (Å²) in [5.74, 6) is -0.367. The number of ether oxygens (including phenoxy) is 1. The van der Waals surface area contributed by atoms with E-state index in [1.54, 1.807) is 32.7 Å². The van der Waals surface area contributed by atoms with Gasteiger partial charge >= 0.3 is 6.09 Å². The van der Waals surface area contributed by atoms with Gasteiger partial charge in [-0.25, -0.2) is 4.79 Å². The highest BCUT2D eigenvalue weighted by Crippen LogP contribution is 2.23. The van der Waals surface area contributed by atoms with Gasteiger partial charge in [0.25, 0.3) is 16.0 Å². The summed E-state index contributed by atoms with van der Waals surface area (Å²) in [4.78, 5) is 28.1. The van der Waals surface area contributed by atoms with Crippen LogP contribution in [-0.4, -0.2) is 79.0 Å². The normalized spacial score (nSPS) is 14.3. The van der Waals surface area contributed by atoms with Crippen molar-refractivity contribution in [1.82, 2.24) is 20.0 Å². The van der Waals surface area contributed by atoms with Gasteiger partial charge in [-0.1, -0.05) is 6.58 Å². The number of hydrogen-bond donors (Lipinski definition) is 1. The SMILES string of the molecule is C=C(COS(C)(=O)=O)CN(C)C(=O)c1n[nH]c2c1CN(C(=O)OC(C)(C)C)CC2. The van der Waals surface area contributed by atoms with Gasteiger partial charge in [-0.15, -0.1) is 0 Å². The molecule has 2 amide bonds. The van der Waals surface area contributed by atoms with E-state index in [9.17, 15) is 18.0 Å². The average Bonchev–Trinajstić information content (AvgIpc) is 3.00. The Bertz CT molecular complexity index is 900. The molecule has 1 aromatic rings. The van der Waals surface area contributed by atoms with Gasteiger partial charge in [-0.3, -0.25) is 14.1 Å². The van der Waals surface area contributed by atoms with E-state index in [2.05, 4.69) is 21.0 Å². The first-order valence-electron chi connectivity index (χ1n) is 9.07. The molecule has 2 heterocycles. The lowest BCUT2D eigenvalue weighted by molar-refractivity contribution is 0.0222. The first kappa shape index (κ1) is 22.9. The van der Waals surface area contributed by atoms with Gasteiger partial charge in [0.2, 0.25) is 0 Å². The molecule has 1 aliphatic heterocycles. The summed E-state index contributed by atoms with van der Waals surface area (Å²) in [5, 5.41) is 6.99. The van der Waals surface area contributed by atoms with E-state index in [0.717, 1.165) is 11.9 Å². The number of rotatable bonds is 6. The molecule has 0 atom stereocenters. The van der Waals surface area contributed by atoms with Crippen LogP contribution in [0.2, 0.25) is 0 Å². The molecule has 0 fully saturated rings. The quantitative estimate of drug-likeness (QED) is 0.535. The van der Waals surface area contributed by atoms with Gasteiger partial charge in [-0.05, 0) is 26.3 Å². The Hall–Kier alpha value is -2.40. The molecule has 10 nitrogen and oxygen atoms in total. The highest BCUT2D eigenvalue weighted by atomic mass is 32.2. The lowest BCUT2D eigenvalue weighted by Crippen LogP contribution is -2.40. The fourth-order valence-electron chi connectivity index (χ4n) is 2.78. The fraction of sp³-hybridized carbons (Fsp3) is 0.611. The number of aromatic amines is 1. The first-order chi connectivity index (χ1) is 13.3. The van der Waals surface area contributed by atoms with Crippen LogP contribution in [0.4, 0.5) is 4.79 Å². The molecule has 1 aliphatic rings. The maximum absolute atomic E-state index is 12.8. The molecule has 162 valence electrons. The van der Waals surface area contributed by atoms with Crippen molar-refractivity contribution < 1.29 is 26.9 Å². The lowest BCUT2D eigenvalue weighted by Gasteiger charge is -2.30. The number of nitrogens with zero attached hydrogens (tertiary/aromatic N) is 3. The van der Waals surface area contributed by atoms with Crippen LogP contribution in [0.5, 0.6) is 0 Å². The molecule has 29 heavy (non-hydrogen) atoms. The Balaban J connectivity index is 2.06. The third-order valence-electron chi connectivity index (χ3n) is 4.07. The molecule has 0 bridgehead atoms. The van der Waals surface area contributed by atoms with Gasteiger partial charge < -0.3 is 14.5 Å². The summed E-state index contributed by atoms with van der Waals surface area (Å²) >= 11 is 0. The maximum atomic E-state index is 12.8. The number of likely N-dealkylation sites (N-methyl/N-ethyl adjacent to an activating group) is 1. The van der Waals surface area contributed by atoms with Crippen molar-refractivity contribution in [2.45, 2.75) is 39.3 Å². The predicted octanol–water partition coefficient (Wildman–Crippen LogP) is 1.31. The third-order valence-corrected chi connectivity index (χ3v) is 4.62. The molecule has 0 aliphatic carbocycles. The van der Waals surface area contributed by atoms with Gasteiger partial charge in [0.1, 0.15) is 5.60 Å². The molecule has 0 saturated heterocycles. The summed E-state index contributed by atoms with van der Waals surface area (Å²) in [7, 11) is -2.03. The first-order valence-corrected chi connectivity index (χ1v) is 10.9. The van der Waals surface area contributed by atoms with Crippen molar-refractivity contribution in [3.05, 3.63) is 29.1 Å². The van der Waals surface area contributed by atoms with Crippen molar-refractivity contribution in [2.75, 3.05) is 33.0 Å². The second-order valence-corrected chi connectivity index (χ2v) is 9.70. The molecule has 0 unspecified atom stereocenters. The third kappa shape index (κ3) is 6.57. The number of carbonyl (C=O) groups is 2. The second-order valence-electron chi connectivity index (χ2n) is 8.06. The number of nitrogens with one attached hydrogen (secondary N) is 1. The van der Waals surface area contributed by atoms with Crippen LogP contribution in [0, 0.1) is 0 Å². The molecule has 0 spiro atoms. The van der Waals surface area contributed by atoms with Crippen molar-refractivity contribution in [3.63, 3.8) is 0 Å². The van der Waals surface area contributed by atoms with E-state index < -0.39 is 21.8 Å². The van der Waals surface area contributed by atoms with E-state index in [1.165, 1.54) is 4.90 Å². The Morgan fingerprint density at radius 2 is 2.00 bits per heavy atom. The molecule has 0 aromatic carbocycles. The molecule has 11 heteroatoms. The highest BCUT2D eigenvalue weighted by molar-refractivity contribution is 7.86. The van der Waals surface area contributed by atoms with Crippen molar-refractivity contribution >= 4 is 22.1 Å². The lowest BCUT2D eigenvalue weighted by atomic mass is 10.0. The summed E-state index contributed by atoms with van der Waals surface area (Å²) in [6.45, 7) is 9.70. The standard InChI is InChI=1S/C18H28N4O6S/c1-12(11-27-29(6,25)26)9-21(5)16(23)15-13-10-22(8-7-14(13)19-20-15)17(24)28-18(2,3)4/h1,7-11H2,2-6H3,(H,19,20). The fourth-order valence-corrected chi connectivity index (χ4v) is 3.16. The topological polar surface area (TPSA) is 122 Å². The van der Waals surface area contributed by atoms with Gasteiger partial charge in [0.15, 0.2) is 5.69 Å². The molecular weight excluding hydrogens is 400 g/mol.